The summed E-state index contributed by atoms with van der Waals surface area (Å²) in [4.78, 5) is 4.79. The molecule has 1 aromatic heterocycles. The summed E-state index contributed by atoms with van der Waals surface area (Å²) in [7, 11) is 0. The molecule has 3 nitrogen and oxygen atoms in total. The Kier molecular flexibility index (Phi) is 3.96. The fraction of sp³-hybridized carbons (Fsp3) is 0.667. The Hall–Kier alpha value is -1.43. The van der Waals surface area contributed by atoms with Crippen LogP contribution in [0.4, 0.5) is 5.82 Å². The highest BCUT2D eigenvalue weighted by Crippen LogP contribution is 2.35. The number of anilines is 1. The van der Waals surface area contributed by atoms with Crippen LogP contribution in [0.1, 0.15) is 57.0 Å². The van der Waals surface area contributed by atoms with Crippen molar-refractivity contribution in [2.24, 2.45) is 5.92 Å². The summed E-state index contributed by atoms with van der Waals surface area (Å²) in [5, 5.41) is 0. The number of nitrogen functional groups attached to an aromatic ring is 1. The predicted molar refractivity (Wildman–Crippen MR) is 75.2 cm³/mol. The number of imidazole rings is 1. The van der Waals surface area contributed by atoms with E-state index in [0.717, 1.165) is 23.8 Å². The third-order valence-electron chi connectivity index (χ3n) is 3.68. The van der Waals surface area contributed by atoms with Crippen LogP contribution >= 0.6 is 0 Å². The zero-order valence-corrected chi connectivity index (χ0v) is 11.4. The first-order valence-corrected chi connectivity index (χ1v) is 6.91. The highest BCUT2D eigenvalue weighted by molar-refractivity contribution is 5.40. The van der Waals surface area contributed by atoms with Gasteiger partial charge in [0.15, 0.2) is 0 Å². The van der Waals surface area contributed by atoms with Crippen LogP contribution in [-0.4, -0.2) is 9.55 Å². The van der Waals surface area contributed by atoms with E-state index < -0.39 is 0 Å². The smallest absolute Gasteiger partial charge is 0.127 e. The van der Waals surface area contributed by atoms with E-state index in [0.29, 0.717) is 18.4 Å². The fourth-order valence-electron chi connectivity index (χ4n) is 2.83. The molecule has 1 aromatic rings. The molecule has 1 fully saturated rings. The Bertz CT molecular complexity index is 445. The minimum atomic E-state index is 0.544. The molecule has 0 bridgehead atoms. The number of rotatable bonds is 4. The molecule has 0 aliphatic heterocycles. The number of aromatic nitrogens is 2. The standard InChI is InChI=1S/C15H23N3/c1-4-9-18-14(16)13(10-11(2)3)17-15(18)12-7-5-6-8-12/h1,11-12H,5-10,16H2,2-3H3. The average molecular weight is 245 g/mol. The van der Waals surface area contributed by atoms with Gasteiger partial charge in [-0.05, 0) is 25.2 Å². The summed E-state index contributed by atoms with van der Waals surface area (Å²) < 4.78 is 2.05. The quantitative estimate of drug-likeness (QED) is 0.829. The van der Waals surface area contributed by atoms with E-state index in [4.69, 9.17) is 17.1 Å². The van der Waals surface area contributed by atoms with Crippen molar-refractivity contribution in [3.8, 4) is 12.3 Å². The van der Waals surface area contributed by atoms with E-state index in [-0.39, 0.29) is 0 Å². The van der Waals surface area contributed by atoms with E-state index in [9.17, 15) is 0 Å². The van der Waals surface area contributed by atoms with E-state index in [1.54, 1.807) is 0 Å². The second-order valence-electron chi connectivity index (χ2n) is 5.67. The predicted octanol–water partition coefficient (Wildman–Crippen LogP) is 2.95. The number of nitrogens with zero attached hydrogens (tertiary/aromatic N) is 2. The van der Waals surface area contributed by atoms with Gasteiger partial charge in [-0.2, -0.15) is 0 Å². The van der Waals surface area contributed by atoms with Crippen LogP contribution in [0.2, 0.25) is 0 Å². The monoisotopic (exact) mass is 245 g/mol. The van der Waals surface area contributed by atoms with Crippen LogP contribution in [0.3, 0.4) is 0 Å². The van der Waals surface area contributed by atoms with Gasteiger partial charge < -0.3 is 10.3 Å². The third kappa shape index (κ3) is 2.53. The molecule has 18 heavy (non-hydrogen) atoms. The Balaban J connectivity index is 2.34. The first kappa shape index (κ1) is 13.0. The second kappa shape index (κ2) is 5.48. The molecule has 1 heterocycles. The molecular weight excluding hydrogens is 222 g/mol. The van der Waals surface area contributed by atoms with Crippen LogP contribution in [0, 0.1) is 18.3 Å². The molecule has 3 heteroatoms. The molecule has 1 aliphatic carbocycles. The molecule has 98 valence electrons. The van der Waals surface area contributed by atoms with Crippen LogP contribution in [-0.2, 0) is 13.0 Å². The molecule has 0 spiro atoms. The van der Waals surface area contributed by atoms with Crippen LogP contribution in [0.5, 0.6) is 0 Å². The molecule has 0 amide bonds. The van der Waals surface area contributed by atoms with E-state index in [1.165, 1.54) is 25.7 Å². The summed E-state index contributed by atoms with van der Waals surface area (Å²) in [5.41, 5.74) is 7.24. The van der Waals surface area contributed by atoms with Crippen LogP contribution in [0.25, 0.3) is 0 Å². The van der Waals surface area contributed by atoms with Gasteiger partial charge in [0.1, 0.15) is 11.6 Å². The van der Waals surface area contributed by atoms with Crippen molar-refractivity contribution in [3.63, 3.8) is 0 Å². The van der Waals surface area contributed by atoms with E-state index >= 15 is 0 Å². The van der Waals surface area contributed by atoms with Gasteiger partial charge in [-0.3, -0.25) is 0 Å². The highest BCUT2D eigenvalue weighted by atomic mass is 15.1. The average Bonchev–Trinajstić information content (AvgIpc) is 2.91. The summed E-state index contributed by atoms with van der Waals surface area (Å²) in [6, 6.07) is 0. The largest absolute Gasteiger partial charge is 0.384 e. The van der Waals surface area contributed by atoms with Crippen molar-refractivity contribution in [1.82, 2.24) is 9.55 Å². The number of hydrogen-bond donors (Lipinski definition) is 1. The van der Waals surface area contributed by atoms with Gasteiger partial charge in [-0.15, -0.1) is 6.42 Å². The molecular formula is C15H23N3. The molecule has 0 unspecified atom stereocenters. The number of hydrogen-bond acceptors (Lipinski definition) is 2. The van der Waals surface area contributed by atoms with Gasteiger partial charge in [-0.25, -0.2) is 4.98 Å². The van der Waals surface area contributed by atoms with Crippen molar-refractivity contribution in [2.75, 3.05) is 5.73 Å². The normalized spacial score (nSPS) is 16.3. The van der Waals surface area contributed by atoms with E-state index in [1.807, 2.05) is 4.57 Å². The summed E-state index contributed by atoms with van der Waals surface area (Å²) >= 11 is 0. The maximum atomic E-state index is 6.21. The van der Waals surface area contributed by atoms with Crippen LogP contribution in [0.15, 0.2) is 0 Å². The topological polar surface area (TPSA) is 43.8 Å². The molecule has 0 radical (unpaired) electrons. The van der Waals surface area contributed by atoms with Crippen molar-refractivity contribution < 1.29 is 0 Å². The zero-order valence-electron chi connectivity index (χ0n) is 11.4. The molecule has 1 saturated carbocycles. The zero-order chi connectivity index (χ0) is 13.1. The van der Waals surface area contributed by atoms with Crippen molar-refractivity contribution in [1.29, 1.82) is 0 Å². The minimum Gasteiger partial charge on any atom is -0.384 e. The Morgan fingerprint density at radius 3 is 2.67 bits per heavy atom. The molecule has 0 aromatic carbocycles. The lowest BCUT2D eigenvalue weighted by Crippen LogP contribution is -2.09. The van der Waals surface area contributed by atoms with Crippen LogP contribution < -0.4 is 5.73 Å². The lowest BCUT2D eigenvalue weighted by molar-refractivity contribution is 0.614. The maximum Gasteiger partial charge on any atom is 0.127 e. The first-order valence-electron chi connectivity index (χ1n) is 6.91. The van der Waals surface area contributed by atoms with Gasteiger partial charge >= 0.3 is 0 Å². The van der Waals surface area contributed by atoms with Gasteiger partial charge in [0.2, 0.25) is 0 Å². The highest BCUT2D eigenvalue weighted by Gasteiger charge is 2.25. The Morgan fingerprint density at radius 2 is 2.11 bits per heavy atom. The van der Waals surface area contributed by atoms with Crippen molar-refractivity contribution in [2.45, 2.75) is 58.4 Å². The lowest BCUT2D eigenvalue weighted by atomic mass is 10.1. The SMILES string of the molecule is C#CCn1c(C2CCCC2)nc(CC(C)C)c1N. The molecule has 2 N–H and O–H groups in total. The van der Waals surface area contributed by atoms with Crippen molar-refractivity contribution >= 4 is 5.82 Å². The summed E-state index contributed by atoms with van der Waals surface area (Å²) in [5.74, 6) is 5.73. The minimum absolute atomic E-state index is 0.544. The van der Waals surface area contributed by atoms with Crippen molar-refractivity contribution in [3.05, 3.63) is 11.5 Å². The number of terminal acetylenes is 1. The Morgan fingerprint density at radius 1 is 1.44 bits per heavy atom. The molecule has 0 atom stereocenters. The first-order chi connectivity index (χ1) is 8.63. The van der Waals surface area contributed by atoms with Gasteiger partial charge in [-0.1, -0.05) is 32.6 Å². The number of nitrogens with two attached hydrogens (primary N) is 1. The second-order valence-corrected chi connectivity index (χ2v) is 5.67. The van der Waals surface area contributed by atoms with Gasteiger partial charge in [0, 0.05) is 5.92 Å². The van der Waals surface area contributed by atoms with Gasteiger partial charge in [0.05, 0.1) is 12.2 Å². The summed E-state index contributed by atoms with van der Waals surface area (Å²) in [6.07, 6.45) is 11.4. The molecule has 1 aliphatic rings. The third-order valence-corrected chi connectivity index (χ3v) is 3.68. The maximum absolute atomic E-state index is 6.21. The van der Waals surface area contributed by atoms with E-state index in [2.05, 4.69) is 19.8 Å². The van der Waals surface area contributed by atoms with Gasteiger partial charge in [0.25, 0.3) is 0 Å². The molecule has 0 saturated heterocycles. The Labute approximate surface area is 110 Å². The fourth-order valence-corrected chi connectivity index (χ4v) is 2.83. The lowest BCUT2D eigenvalue weighted by Gasteiger charge is -2.11. The molecule has 2 rings (SSSR count). The summed E-state index contributed by atoms with van der Waals surface area (Å²) in [6.45, 7) is 4.92.